The van der Waals surface area contributed by atoms with Crippen molar-refractivity contribution in [1.29, 1.82) is 0 Å². The third-order valence-electron chi connectivity index (χ3n) is 7.16. The van der Waals surface area contributed by atoms with Crippen LogP contribution in [0, 0.1) is 0 Å². The molecule has 206 valence electrons. The molecule has 1 heterocycles. The van der Waals surface area contributed by atoms with Crippen LogP contribution in [0.2, 0.25) is 0 Å². The van der Waals surface area contributed by atoms with Gasteiger partial charge in [-0.15, -0.1) is 6.58 Å². The average molecular weight is 665 g/mol. The van der Waals surface area contributed by atoms with Crippen LogP contribution in [0.5, 0.6) is 11.5 Å². The fourth-order valence-electron chi connectivity index (χ4n) is 5.14. The smallest absolute Gasteiger partial charge is 0.282 e. The van der Waals surface area contributed by atoms with Crippen LogP contribution in [0.3, 0.4) is 0 Å². The van der Waals surface area contributed by atoms with E-state index in [-0.39, 0.29) is 11.5 Å². The molecule has 0 saturated heterocycles. The van der Waals surface area contributed by atoms with E-state index in [4.69, 9.17) is 19.6 Å². The fourth-order valence-corrected chi connectivity index (χ4v) is 5.77. The van der Waals surface area contributed by atoms with Crippen molar-refractivity contribution in [3.8, 4) is 11.5 Å². The van der Waals surface area contributed by atoms with Crippen LogP contribution >= 0.6 is 31.9 Å². The van der Waals surface area contributed by atoms with Crippen LogP contribution < -0.4 is 15.0 Å². The lowest BCUT2D eigenvalue weighted by Crippen LogP contribution is -2.25. The SMILES string of the molecule is C=CCc1cc(C=Nn2c(C3CCCCC3)nc3ccc(Br)cc3c2=O)cc(OC)c1OCc1ccc(Br)cc1. The van der Waals surface area contributed by atoms with Crippen molar-refractivity contribution in [2.45, 2.75) is 51.0 Å². The van der Waals surface area contributed by atoms with E-state index in [1.807, 2.05) is 60.7 Å². The van der Waals surface area contributed by atoms with Crippen LogP contribution in [0.25, 0.3) is 10.9 Å². The summed E-state index contributed by atoms with van der Waals surface area (Å²) < 4.78 is 15.3. The number of rotatable bonds is 9. The van der Waals surface area contributed by atoms with Gasteiger partial charge in [-0.1, -0.05) is 69.3 Å². The summed E-state index contributed by atoms with van der Waals surface area (Å²) in [7, 11) is 1.62. The second kappa shape index (κ2) is 13.0. The Balaban J connectivity index is 1.53. The summed E-state index contributed by atoms with van der Waals surface area (Å²) >= 11 is 6.96. The molecule has 0 unspecified atom stereocenters. The molecule has 1 aromatic heterocycles. The molecule has 0 radical (unpaired) electrons. The molecular formula is C32H31Br2N3O3. The Morgan fingerprint density at radius 2 is 1.80 bits per heavy atom. The standard InChI is InChI=1S/C32H31Br2N3O3/c1-3-7-24-16-22(17-29(39-2)30(24)40-20-21-10-12-25(33)13-11-21)19-35-37-31(23-8-5-4-6-9-23)36-28-15-14-26(34)18-27(28)32(37)38/h3,10-19,23H,1,4-9,20H2,2H3. The van der Waals surface area contributed by atoms with Crippen molar-refractivity contribution in [2.75, 3.05) is 7.11 Å². The first kappa shape index (κ1) is 28.3. The number of nitrogens with zero attached hydrogens (tertiary/aromatic N) is 3. The molecule has 0 N–H and O–H groups in total. The van der Waals surface area contributed by atoms with Crippen LogP contribution in [-0.4, -0.2) is 23.0 Å². The van der Waals surface area contributed by atoms with Crippen molar-refractivity contribution in [3.63, 3.8) is 0 Å². The summed E-state index contributed by atoms with van der Waals surface area (Å²) in [5.74, 6) is 2.19. The Hall–Kier alpha value is -3.23. The zero-order valence-corrected chi connectivity index (χ0v) is 25.6. The Morgan fingerprint density at radius 3 is 2.52 bits per heavy atom. The highest BCUT2D eigenvalue weighted by Crippen LogP contribution is 2.35. The first-order valence-corrected chi connectivity index (χ1v) is 15.0. The van der Waals surface area contributed by atoms with Crippen LogP contribution in [0.1, 0.15) is 60.5 Å². The van der Waals surface area contributed by atoms with Gasteiger partial charge in [-0.25, -0.2) is 4.98 Å². The summed E-state index contributed by atoms with van der Waals surface area (Å²) in [5, 5.41) is 5.25. The summed E-state index contributed by atoms with van der Waals surface area (Å²) in [6, 6.07) is 17.5. The summed E-state index contributed by atoms with van der Waals surface area (Å²) in [4.78, 5) is 18.6. The molecular weight excluding hydrogens is 634 g/mol. The van der Waals surface area contributed by atoms with Gasteiger partial charge in [-0.2, -0.15) is 9.78 Å². The van der Waals surface area contributed by atoms with E-state index < -0.39 is 0 Å². The van der Waals surface area contributed by atoms with Crippen LogP contribution in [0.15, 0.2) is 86.1 Å². The summed E-state index contributed by atoms with van der Waals surface area (Å²) in [6.07, 6.45) is 9.61. The number of allylic oxidation sites excluding steroid dienone is 1. The molecule has 40 heavy (non-hydrogen) atoms. The lowest BCUT2D eigenvalue weighted by atomic mass is 9.88. The summed E-state index contributed by atoms with van der Waals surface area (Å²) in [6.45, 7) is 4.32. The normalized spacial score (nSPS) is 14.1. The predicted molar refractivity (Wildman–Crippen MR) is 168 cm³/mol. The lowest BCUT2D eigenvalue weighted by Gasteiger charge is -2.22. The summed E-state index contributed by atoms with van der Waals surface area (Å²) in [5.41, 5.74) is 3.29. The maximum Gasteiger partial charge on any atom is 0.282 e. The highest BCUT2D eigenvalue weighted by Gasteiger charge is 2.22. The minimum absolute atomic E-state index is 0.171. The van der Waals surface area contributed by atoms with Gasteiger partial charge >= 0.3 is 0 Å². The molecule has 1 aliphatic rings. The molecule has 0 amide bonds. The molecule has 0 aliphatic heterocycles. The third kappa shape index (κ3) is 6.39. The molecule has 0 atom stereocenters. The maximum absolute atomic E-state index is 13.7. The van der Waals surface area contributed by atoms with Gasteiger partial charge in [-0.3, -0.25) is 4.79 Å². The molecule has 6 nitrogen and oxygen atoms in total. The van der Waals surface area contributed by atoms with Crippen molar-refractivity contribution < 1.29 is 9.47 Å². The molecule has 4 aromatic rings. The second-order valence-electron chi connectivity index (χ2n) is 9.95. The zero-order chi connectivity index (χ0) is 28.1. The first-order chi connectivity index (χ1) is 19.5. The van der Waals surface area contributed by atoms with Crippen molar-refractivity contribution in [1.82, 2.24) is 9.66 Å². The van der Waals surface area contributed by atoms with Gasteiger partial charge in [0, 0.05) is 20.4 Å². The maximum atomic E-state index is 13.7. The van der Waals surface area contributed by atoms with Crippen LogP contribution in [0.4, 0.5) is 0 Å². The number of aromatic nitrogens is 2. The number of benzene rings is 3. The van der Waals surface area contributed by atoms with E-state index >= 15 is 0 Å². The number of hydrogen-bond donors (Lipinski definition) is 0. The number of methoxy groups -OCH3 is 1. The highest BCUT2D eigenvalue weighted by atomic mass is 79.9. The van der Waals surface area contributed by atoms with Gasteiger partial charge in [0.1, 0.15) is 12.4 Å². The van der Waals surface area contributed by atoms with E-state index in [9.17, 15) is 4.79 Å². The topological polar surface area (TPSA) is 65.7 Å². The van der Waals surface area contributed by atoms with Gasteiger partial charge in [0.2, 0.25) is 0 Å². The molecule has 0 bridgehead atoms. The quantitative estimate of drug-likeness (QED) is 0.134. The Kier molecular flexibility index (Phi) is 9.17. The van der Waals surface area contributed by atoms with E-state index in [1.54, 1.807) is 13.3 Å². The van der Waals surface area contributed by atoms with Gasteiger partial charge < -0.3 is 9.47 Å². The molecule has 3 aromatic carbocycles. The molecule has 5 rings (SSSR count). The Morgan fingerprint density at radius 1 is 1.05 bits per heavy atom. The number of hydrogen-bond acceptors (Lipinski definition) is 5. The monoisotopic (exact) mass is 663 g/mol. The third-order valence-corrected chi connectivity index (χ3v) is 8.18. The zero-order valence-electron chi connectivity index (χ0n) is 22.4. The molecule has 1 aliphatic carbocycles. The van der Waals surface area contributed by atoms with Crippen LogP contribution in [-0.2, 0) is 13.0 Å². The Bertz CT molecular complexity index is 1610. The molecule has 8 heteroatoms. The molecule has 0 spiro atoms. The predicted octanol–water partition coefficient (Wildman–Crippen LogP) is 8.17. The van der Waals surface area contributed by atoms with Gasteiger partial charge in [-0.05, 0) is 72.9 Å². The van der Waals surface area contributed by atoms with E-state index in [0.717, 1.165) is 57.1 Å². The van der Waals surface area contributed by atoms with E-state index in [1.165, 1.54) is 11.1 Å². The minimum atomic E-state index is -0.171. The number of ether oxygens (including phenoxy) is 2. The minimum Gasteiger partial charge on any atom is -0.493 e. The lowest BCUT2D eigenvalue weighted by molar-refractivity contribution is 0.282. The van der Waals surface area contributed by atoms with E-state index in [2.05, 4.69) is 38.4 Å². The average Bonchev–Trinajstić information content (AvgIpc) is 2.97. The van der Waals surface area contributed by atoms with Crippen molar-refractivity contribution in [2.24, 2.45) is 5.10 Å². The van der Waals surface area contributed by atoms with Gasteiger partial charge in [0.25, 0.3) is 5.56 Å². The second-order valence-corrected chi connectivity index (χ2v) is 11.8. The number of fused-ring (bicyclic) bond motifs is 1. The largest absolute Gasteiger partial charge is 0.493 e. The Labute approximate surface area is 251 Å². The van der Waals surface area contributed by atoms with Gasteiger partial charge in [0.05, 0.1) is 24.2 Å². The fraction of sp³-hybridized carbons (Fsp3) is 0.281. The van der Waals surface area contributed by atoms with Crippen molar-refractivity contribution in [3.05, 3.63) is 109 Å². The number of halogens is 2. The first-order valence-electron chi connectivity index (χ1n) is 13.4. The molecule has 1 saturated carbocycles. The molecule has 1 fully saturated rings. The highest BCUT2D eigenvalue weighted by molar-refractivity contribution is 9.10. The van der Waals surface area contributed by atoms with Gasteiger partial charge in [0.15, 0.2) is 11.5 Å². The van der Waals surface area contributed by atoms with Crippen molar-refractivity contribution >= 4 is 49.0 Å². The van der Waals surface area contributed by atoms with E-state index in [0.29, 0.717) is 35.4 Å².